The minimum absolute atomic E-state index is 0.151. The molecule has 0 unspecified atom stereocenters. The van der Waals surface area contributed by atoms with E-state index in [4.69, 9.17) is 9.47 Å². The highest BCUT2D eigenvalue weighted by Gasteiger charge is 2.02. The van der Waals surface area contributed by atoms with Crippen LogP contribution in [0.15, 0.2) is 35.2 Å². The molecule has 0 atom stereocenters. The Balaban J connectivity index is 2.04. The van der Waals surface area contributed by atoms with Crippen molar-refractivity contribution >= 4 is 11.8 Å². The molecule has 0 amide bonds. The highest BCUT2D eigenvalue weighted by Crippen LogP contribution is 2.15. The predicted molar refractivity (Wildman–Crippen MR) is 67.8 cm³/mol. The summed E-state index contributed by atoms with van der Waals surface area (Å²) >= 11 is 1.84. The molecule has 1 aromatic rings. The molecule has 3 nitrogen and oxygen atoms in total. The van der Waals surface area contributed by atoms with Crippen molar-refractivity contribution in [3.8, 4) is 0 Å². The second kappa shape index (κ2) is 8.58. The SMILES string of the molecule is COC(CNCCSc1ccccc1)OC. The van der Waals surface area contributed by atoms with Crippen LogP contribution in [-0.2, 0) is 9.47 Å². The summed E-state index contributed by atoms with van der Waals surface area (Å²) in [5.74, 6) is 1.05. The zero-order chi connectivity index (χ0) is 11.6. The van der Waals surface area contributed by atoms with Gasteiger partial charge in [0.2, 0.25) is 0 Å². The molecule has 0 saturated carbocycles. The fraction of sp³-hybridized carbons (Fsp3) is 0.500. The smallest absolute Gasteiger partial charge is 0.169 e. The highest BCUT2D eigenvalue weighted by atomic mass is 32.2. The van der Waals surface area contributed by atoms with Crippen LogP contribution in [0.2, 0.25) is 0 Å². The summed E-state index contributed by atoms with van der Waals surface area (Å²) in [6.07, 6.45) is -0.151. The number of ether oxygens (including phenoxy) is 2. The Morgan fingerprint density at radius 2 is 1.88 bits per heavy atom. The van der Waals surface area contributed by atoms with Crippen LogP contribution in [0.1, 0.15) is 0 Å². The molecule has 16 heavy (non-hydrogen) atoms. The minimum Gasteiger partial charge on any atom is -0.355 e. The van der Waals surface area contributed by atoms with Crippen molar-refractivity contribution in [2.75, 3.05) is 33.1 Å². The van der Waals surface area contributed by atoms with E-state index in [-0.39, 0.29) is 6.29 Å². The quantitative estimate of drug-likeness (QED) is 0.428. The molecule has 1 aromatic carbocycles. The number of benzene rings is 1. The van der Waals surface area contributed by atoms with Gasteiger partial charge in [0.15, 0.2) is 6.29 Å². The molecule has 1 rings (SSSR count). The van der Waals surface area contributed by atoms with Crippen molar-refractivity contribution in [2.45, 2.75) is 11.2 Å². The topological polar surface area (TPSA) is 30.5 Å². The van der Waals surface area contributed by atoms with Crippen molar-refractivity contribution in [3.05, 3.63) is 30.3 Å². The number of methoxy groups -OCH3 is 2. The lowest BCUT2D eigenvalue weighted by Crippen LogP contribution is -2.31. The summed E-state index contributed by atoms with van der Waals surface area (Å²) in [6, 6.07) is 10.4. The molecule has 1 N–H and O–H groups in total. The summed E-state index contributed by atoms with van der Waals surface area (Å²) in [5.41, 5.74) is 0. The van der Waals surface area contributed by atoms with Gasteiger partial charge < -0.3 is 14.8 Å². The lowest BCUT2D eigenvalue weighted by Gasteiger charge is -2.13. The molecule has 0 saturated heterocycles. The zero-order valence-corrected chi connectivity index (χ0v) is 10.6. The first-order valence-corrected chi connectivity index (χ1v) is 6.29. The van der Waals surface area contributed by atoms with E-state index in [2.05, 4.69) is 29.6 Å². The summed E-state index contributed by atoms with van der Waals surface area (Å²) in [7, 11) is 3.29. The maximum Gasteiger partial charge on any atom is 0.169 e. The molecule has 0 spiro atoms. The van der Waals surface area contributed by atoms with Gasteiger partial charge in [-0.15, -0.1) is 11.8 Å². The number of rotatable bonds is 8. The monoisotopic (exact) mass is 241 g/mol. The van der Waals surface area contributed by atoms with E-state index >= 15 is 0 Å². The van der Waals surface area contributed by atoms with Gasteiger partial charge in [-0.25, -0.2) is 0 Å². The third-order valence-corrected chi connectivity index (χ3v) is 3.14. The van der Waals surface area contributed by atoms with Crippen LogP contribution in [0.3, 0.4) is 0 Å². The lowest BCUT2D eigenvalue weighted by atomic mass is 10.4. The molecule has 0 fully saturated rings. The Bertz CT molecular complexity index is 265. The standard InChI is InChI=1S/C12H19NO2S/c1-14-12(15-2)10-13-8-9-16-11-6-4-3-5-7-11/h3-7,12-13H,8-10H2,1-2H3. The van der Waals surface area contributed by atoms with E-state index < -0.39 is 0 Å². The zero-order valence-electron chi connectivity index (χ0n) is 9.81. The van der Waals surface area contributed by atoms with Gasteiger partial charge in [-0.3, -0.25) is 0 Å². The van der Waals surface area contributed by atoms with Crippen LogP contribution in [0, 0.1) is 0 Å². The van der Waals surface area contributed by atoms with Gasteiger partial charge in [-0.2, -0.15) is 0 Å². The van der Waals surface area contributed by atoms with Crippen LogP contribution in [0.4, 0.5) is 0 Å². The van der Waals surface area contributed by atoms with Crippen LogP contribution >= 0.6 is 11.8 Å². The molecule has 0 aromatic heterocycles. The van der Waals surface area contributed by atoms with E-state index in [9.17, 15) is 0 Å². The van der Waals surface area contributed by atoms with Gasteiger partial charge in [-0.1, -0.05) is 18.2 Å². The summed E-state index contributed by atoms with van der Waals surface area (Å²) in [4.78, 5) is 1.30. The average molecular weight is 241 g/mol. The number of thioether (sulfide) groups is 1. The number of nitrogens with one attached hydrogen (secondary N) is 1. The molecule has 0 aliphatic rings. The van der Waals surface area contributed by atoms with Gasteiger partial charge in [-0.05, 0) is 12.1 Å². The first kappa shape index (κ1) is 13.5. The summed E-state index contributed by atoms with van der Waals surface area (Å²) in [6.45, 7) is 1.67. The molecule has 0 aliphatic heterocycles. The first-order chi connectivity index (χ1) is 7.86. The van der Waals surface area contributed by atoms with Crippen molar-refractivity contribution in [2.24, 2.45) is 0 Å². The normalized spacial score (nSPS) is 10.9. The molecule has 4 heteroatoms. The molecule has 0 heterocycles. The van der Waals surface area contributed by atoms with E-state index in [0.29, 0.717) is 0 Å². The first-order valence-electron chi connectivity index (χ1n) is 5.31. The molecule has 0 radical (unpaired) electrons. The lowest BCUT2D eigenvalue weighted by molar-refractivity contribution is -0.0984. The number of hydrogen-bond donors (Lipinski definition) is 1. The molecule has 0 bridgehead atoms. The fourth-order valence-corrected chi connectivity index (χ4v) is 2.07. The van der Waals surface area contributed by atoms with E-state index in [1.54, 1.807) is 14.2 Å². The third kappa shape index (κ3) is 5.51. The Morgan fingerprint density at radius 3 is 2.50 bits per heavy atom. The molecular weight excluding hydrogens is 222 g/mol. The maximum absolute atomic E-state index is 5.07. The highest BCUT2D eigenvalue weighted by molar-refractivity contribution is 7.99. The largest absolute Gasteiger partial charge is 0.355 e. The average Bonchev–Trinajstić information content (AvgIpc) is 2.35. The van der Waals surface area contributed by atoms with Gasteiger partial charge in [0.1, 0.15) is 0 Å². The van der Waals surface area contributed by atoms with Gasteiger partial charge in [0.05, 0.1) is 0 Å². The number of hydrogen-bond acceptors (Lipinski definition) is 4. The van der Waals surface area contributed by atoms with Crippen molar-refractivity contribution in [1.29, 1.82) is 0 Å². The summed E-state index contributed by atoms with van der Waals surface area (Å²) < 4.78 is 10.1. The molecular formula is C12H19NO2S. The minimum atomic E-state index is -0.151. The van der Waals surface area contributed by atoms with Crippen LogP contribution in [-0.4, -0.2) is 39.4 Å². The Kier molecular flexibility index (Phi) is 7.25. The second-order valence-corrected chi connectivity index (χ2v) is 4.43. The van der Waals surface area contributed by atoms with Crippen LogP contribution in [0.5, 0.6) is 0 Å². The van der Waals surface area contributed by atoms with Crippen molar-refractivity contribution < 1.29 is 9.47 Å². The Labute approximate surface area is 102 Å². The predicted octanol–water partition coefficient (Wildman–Crippen LogP) is 1.99. The second-order valence-electron chi connectivity index (χ2n) is 3.27. The molecule has 90 valence electrons. The Morgan fingerprint density at radius 1 is 1.19 bits per heavy atom. The molecule has 0 aliphatic carbocycles. The van der Waals surface area contributed by atoms with Crippen LogP contribution < -0.4 is 5.32 Å². The maximum atomic E-state index is 5.07. The van der Waals surface area contributed by atoms with Gasteiger partial charge >= 0.3 is 0 Å². The van der Waals surface area contributed by atoms with Crippen molar-refractivity contribution in [1.82, 2.24) is 5.32 Å². The third-order valence-electron chi connectivity index (χ3n) is 2.13. The van der Waals surface area contributed by atoms with E-state index in [0.717, 1.165) is 18.8 Å². The van der Waals surface area contributed by atoms with Crippen LogP contribution in [0.25, 0.3) is 0 Å². The van der Waals surface area contributed by atoms with E-state index in [1.165, 1.54) is 4.90 Å². The Hall–Kier alpha value is -0.550. The fourth-order valence-electron chi connectivity index (χ4n) is 1.24. The van der Waals surface area contributed by atoms with E-state index in [1.807, 2.05) is 17.8 Å². The van der Waals surface area contributed by atoms with Crippen molar-refractivity contribution in [3.63, 3.8) is 0 Å². The van der Waals surface area contributed by atoms with Gasteiger partial charge in [0, 0.05) is 38.0 Å². The summed E-state index contributed by atoms with van der Waals surface area (Å²) in [5, 5.41) is 3.29. The van der Waals surface area contributed by atoms with Gasteiger partial charge in [0.25, 0.3) is 0 Å².